The van der Waals surface area contributed by atoms with Crippen molar-refractivity contribution >= 4 is 33.6 Å². The van der Waals surface area contributed by atoms with Crippen molar-refractivity contribution in [1.29, 1.82) is 0 Å². The molecule has 1 rings (SSSR count). The van der Waals surface area contributed by atoms with Gasteiger partial charge in [-0.25, -0.2) is 0 Å². The van der Waals surface area contributed by atoms with Gasteiger partial charge in [0.2, 0.25) is 0 Å². The first-order chi connectivity index (χ1) is 7.83. The third-order valence-electron chi connectivity index (χ3n) is 2.95. The molecule has 0 amide bonds. The van der Waals surface area contributed by atoms with Gasteiger partial charge in [0.1, 0.15) is 0 Å². The lowest BCUT2D eigenvalue weighted by molar-refractivity contribution is 0.569. The molecular formula is C14H21Cl2OP. The molecule has 0 aliphatic rings. The minimum absolute atomic E-state index is 0.0428. The lowest BCUT2D eigenvalue weighted by atomic mass is 9.81. The Morgan fingerprint density at radius 3 is 1.78 bits per heavy atom. The largest absolute Gasteiger partial charge is 0.284 e. The van der Waals surface area contributed by atoms with E-state index in [-0.39, 0.29) is 10.8 Å². The minimum atomic E-state index is -3.28. The molecule has 0 aromatic heterocycles. The molecule has 18 heavy (non-hydrogen) atoms. The predicted molar refractivity (Wildman–Crippen MR) is 82.8 cm³/mol. The average molecular weight is 307 g/mol. The maximum Gasteiger partial charge on any atom is 0.282 e. The lowest BCUT2D eigenvalue weighted by Crippen LogP contribution is -2.23. The molecule has 0 unspecified atom stereocenters. The van der Waals surface area contributed by atoms with E-state index in [1.807, 2.05) is 12.1 Å². The zero-order chi connectivity index (χ0) is 14.4. The van der Waals surface area contributed by atoms with Crippen LogP contribution < -0.4 is 5.30 Å². The molecular weight excluding hydrogens is 286 g/mol. The first-order valence-electron chi connectivity index (χ1n) is 5.98. The minimum Gasteiger partial charge on any atom is -0.284 e. The van der Waals surface area contributed by atoms with Crippen LogP contribution >= 0.6 is 28.3 Å². The second-order valence-corrected chi connectivity index (χ2v) is 11.5. The molecule has 0 saturated heterocycles. The second-order valence-electron chi connectivity index (χ2n) is 6.69. The molecule has 0 heterocycles. The van der Waals surface area contributed by atoms with E-state index in [9.17, 15) is 4.57 Å². The molecule has 0 aliphatic heterocycles. The van der Waals surface area contributed by atoms with E-state index in [0.29, 0.717) is 5.30 Å². The number of hydrogen-bond acceptors (Lipinski definition) is 1. The van der Waals surface area contributed by atoms with Gasteiger partial charge in [-0.1, -0.05) is 53.7 Å². The van der Waals surface area contributed by atoms with Gasteiger partial charge in [-0.05, 0) is 50.5 Å². The third-order valence-corrected chi connectivity index (χ3v) is 4.99. The Labute approximate surface area is 120 Å². The van der Waals surface area contributed by atoms with Gasteiger partial charge in [0.25, 0.3) is 5.85 Å². The van der Waals surface area contributed by atoms with E-state index in [4.69, 9.17) is 22.5 Å². The molecule has 0 atom stereocenters. The van der Waals surface area contributed by atoms with Crippen molar-refractivity contribution < 1.29 is 4.57 Å². The van der Waals surface area contributed by atoms with Crippen molar-refractivity contribution in [2.24, 2.45) is 0 Å². The molecule has 0 spiro atoms. The Morgan fingerprint density at radius 1 is 0.944 bits per heavy atom. The molecule has 0 fully saturated rings. The SMILES string of the molecule is CC(C)(C)c1ccc(P(=O)(Cl)Cl)c(C(C)(C)C)c1. The van der Waals surface area contributed by atoms with Crippen molar-refractivity contribution in [3.63, 3.8) is 0 Å². The van der Waals surface area contributed by atoms with Gasteiger partial charge in [0.15, 0.2) is 0 Å². The van der Waals surface area contributed by atoms with E-state index < -0.39 is 5.85 Å². The molecule has 0 N–H and O–H groups in total. The summed E-state index contributed by atoms with van der Waals surface area (Å²) in [6, 6.07) is 5.84. The van der Waals surface area contributed by atoms with E-state index in [2.05, 4.69) is 47.6 Å². The highest BCUT2D eigenvalue weighted by molar-refractivity contribution is 8.13. The maximum absolute atomic E-state index is 12.0. The van der Waals surface area contributed by atoms with Gasteiger partial charge >= 0.3 is 0 Å². The highest BCUT2D eigenvalue weighted by Gasteiger charge is 2.29. The Bertz CT molecular complexity index is 489. The normalized spacial score (nSPS) is 13.8. The smallest absolute Gasteiger partial charge is 0.282 e. The van der Waals surface area contributed by atoms with Gasteiger partial charge in [-0.3, -0.25) is 4.57 Å². The molecule has 0 aliphatic carbocycles. The Kier molecular flexibility index (Phi) is 4.34. The quantitative estimate of drug-likeness (QED) is 0.619. The van der Waals surface area contributed by atoms with E-state index in [0.717, 1.165) is 5.56 Å². The topological polar surface area (TPSA) is 17.1 Å². The first kappa shape index (κ1) is 16.1. The number of rotatable bonds is 1. The monoisotopic (exact) mass is 306 g/mol. The fourth-order valence-corrected chi connectivity index (χ4v) is 3.64. The van der Waals surface area contributed by atoms with Gasteiger partial charge < -0.3 is 0 Å². The number of benzene rings is 1. The maximum atomic E-state index is 12.0. The molecule has 1 aromatic rings. The molecule has 0 saturated carbocycles. The fourth-order valence-electron chi connectivity index (χ4n) is 1.83. The zero-order valence-electron chi connectivity index (χ0n) is 11.8. The molecule has 102 valence electrons. The molecule has 0 radical (unpaired) electrons. The molecule has 1 aromatic carbocycles. The predicted octanol–water partition coefficient (Wildman–Crippen LogP) is 5.58. The Morgan fingerprint density at radius 2 is 1.44 bits per heavy atom. The standard InChI is InChI=1S/C14H21Cl2OP/c1-13(2,3)10-7-8-12(18(15,16)17)11(9-10)14(4,5)6/h7-9H,1-6H3. The summed E-state index contributed by atoms with van der Waals surface area (Å²) in [5, 5.41) is 0.561. The van der Waals surface area contributed by atoms with Gasteiger partial charge in [0.05, 0.1) is 0 Å². The fraction of sp³-hybridized carbons (Fsp3) is 0.571. The highest BCUT2D eigenvalue weighted by atomic mass is 35.9. The van der Waals surface area contributed by atoms with Crippen LogP contribution in [-0.2, 0) is 15.4 Å². The van der Waals surface area contributed by atoms with Crippen LogP contribution in [0.3, 0.4) is 0 Å². The van der Waals surface area contributed by atoms with Crippen LogP contribution in [0, 0.1) is 0 Å². The van der Waals surface area contributed by atoms with Gasteiger partial charge in [-0.15, -0.1) is 0 Å². The Hall–Kier alpha value is 0.0300. The summed E-state index contributed by atoms with van der Waals surface area (Å²) >= 11 is 11.7. The van der Waals surface area contributed by atoms with Crippen molar-refractivity contribution in [3.05, 3.63) is 29.3 Å². The molecule has 1 nitrogen and oxygen atoms in total. The molecule has 0 bridgehead atoms. The van der Waals surface area contributed by atoms with Crippen LogP contribution in [0.15, 0.2) is 18.2 Å². The summed E-state index contributed by atoms with van der Waals surface area (Å²) in [5.74, 6) is -3.28. The van der Waals surface area contributed by atoms with Crippen molar-refractivity contribution in [2.75, 3.05) is 0 Å². The van der Waals surface area contributed by atoms with Crippen molar-refractivity contribution in [3.8, 4) is 0 Å². The summed E-state index contributed by atoms with van der Waals surface area (Å²) in [6.45, 7) is 12.7. The van der Waals surface area contributed by atoms with E-state index in [1.54, 1.807) is 0 Å². The zero-order valence-corrected chi connectivity index (χ0v) is 14.2. The van der Waals surface area contributed by atoms with Crippen LogP contribution in [0.2, 0.25) is 0 Å². The molecule has 4 heteroatoms. The van der Waals surface area contributed by atoms with E-state index >= 15 is 0 Å². The Balaban J connectivity index is 3.55. The summed E-state index contributed by atoms with van der Waals surface area (Å²) in [7, 11) is 0. The van der Waals surface area contributed by atoms with Gasteiger partial charge in [-0.2, -0.15) is 0 Å². The summed E-state index contributed by atoms with van der Waals surface area (Å²) in [6.07, 6.45) is 0. The average Bonchev–Trinajstić information content (AvgIpc) is 2.12. The second kappa shape index (κ2) is 4.85. The van der Waals surface area contributed by atoms with Gasteiger partial charge in [0, 0.05) is 5.30 Å². The van der Waals surface area contributed by atoms with Crippen LogP contribution in [-0.4, -0.2) is 0 Å². The van der Waals surface area contributed by atoms with Crippen molar-refractivity contribution in [1.82, 2.24) is 0 Å². The van der Waals surface area contributed by atoms with Crippen LogP contribution in [0.5, 0.6) is 0 Å². The van der Waals surface area contributed by atoms with Crippen LogP contribution in [0.25, 0.3) is 0 Å². The highest BCUT2D eigenvalue weighted by Crippen LogP contribution is 2.57. The van der Waals surface area contributed by atoms with Crippen molar-refractivity contribution in [2.45, 2.75) is 52.4 Å². The van der Waals surface area contributed by atoms with E-state index in [1.165, 1.54) is 5.56 Å². The lowest BCUT2D eigenvalue weighted by Gasteiger charge is -2.27. The van der Waals surface area contributed by atoms with Crippen LogP contribution in [0.1, 0.15) is 52.7 Å². The first-order valence-corrected chi connectivity index (χ1v) is 9.50. The number of hydrogen-bond donors (Lipinski definition) is 0. The summed E-state index contributed by atoms with van der Waals surface area (Å²) < 4.78 is 12.0. The summed E-state index contributed by atoms with van der Waals surface area (Å²) in [5.41, 5.74) is 2.05. The number of halogens is 2. The van der Waals surface area contributed by atoms with Crippen LogP contribution in [0.4, 0.5) is 0 Å². The summed E-state index contributed by atoms with van der Waals surface area (Å²) in [4.78, 5) is 0. The third kappa shape index (κ3) is 3.76.